The number of aliphatic hydroxyl groups is 4. The van der Waals surface area contributed by atoms with E-state index in [4.69, 9.17) is 11.2 Å². The average molecular weight is 394 g/mol. The van der Waals surface area contributed by atoms with Gasteiger partial charge in [0.1, 0.15) is 30.5 Å². The van der Waals surface area contributed by atoms with E-state index in [0.717, 1.165) is 16.7 Å². The van der Waals surface area contributed by atoms with Gasteiger partial charge >= 0.3 is 0 Å². The van der Waals surface area contributed by atoms with E-state index in [2.05, 4.69) is 30.2 Å². The van der Waals surface area contributed by atoms with Crippen molar-refractivity contribution in [3.05, 3.63) is 70.3 Å². The molecule has 2 aromatic rings. The van der Waals surface area contributed by atoms with Crippen molar-refractivity contribution in [1.82, 2.24) is 0 Å². The maximum absolute atomic E-state index is 10.4. The molecule has 29 heavy (non-hydrogen) atoms. The molecule has 0 unspecified atom stereocenters. The number of terminal acetylenes is 1. The summed E-state index contributed by atoms with van der Waals surface area (Å²) in [6, 6.07) is 14.0. The predicted molar refractivity (Wildman–Crippen MR) is 108 cm³/mol. The number of hydrogen-bond acceptors (Lipinski definition) is 5. The van der Waals surface area contributed by atoms with Crippen molar-refractivity contribution in [2.75, 3.05) is 6.61 Å². The molecule has 5 atom stereocenters. The first-order valence-electron chi connectivity index (χ1n) is 10.0. The minimum atomic E-state index is -1.41. The zero-order valence-electron chi connectivity index (χ0n) is 16.1. The van der Waals surface area contributed by atoms with E-state index in [9.17, 15) is 20.4 Å². The third kappa shape index (κ3) is 4.09. The minimum absolute atomic E-state index is 0.454. The van der Waals surface area contributed by atoms with Crippen LogP contribution in [0, 0.1) is 12.3 Å². The summed E-state index contributed by atoms with van der Waals surface area (Å²) in [5, 5.41) is 39.9. The Morgan fingerprint density at radius 3 is 2.24 bits per heavy atom. The molecule has 0 bridgehead atoms. The van der Waals surface area contributed by atoms with E-state index in [0.29, 0.717) is 17.9 Å². The molecule has 5 heteroatoms. The van der Waals surface area contributed by atoms with Crippen LogP contribution in [0.4, 0.5) is 0 Å². The fourth-order valence-corrected chi connectivity index (χ4v) is 4.00. The maximum Gasteiger partial charge on any atom is 0.113 e. The van der Waals surface area contributed by atoms with Crippen molar-refractivity contribution in [3.63, 3.8) is 0 Å². The van der Waals surface area contributed by atoms with Gasteiger partial charge in [0.05, 0.1) is 6.61 Å². The SMILES string of the molecule is C#Cc1ccc([C@@H]2O[C@H](CO)[C@@H](O)[C@H](O)[C@H]2O)cc1Cc1ccc(C2CC2)cc1. The predicted octanol–water partition coefficient (Wildman–Crippen LogP) is 1.65. The van der Waals surface area contributed by atoms with Gasteiger partial charge in [-0.1, -0.05) is 42.3 Å². The molecule has 5 nitrogen and oxygen atoms in total. The molecular formula is C24H26O5. The van der Waals surface area contributed by atoms with Crippen molar-refractivity contribution in [2.24, 2.45) is 0 Å². The Labute approximate surface area is 170 Å². The topological polar surface area (TPSA) is 90.2 Å². The highest BCUT2D eigenvalue weighted by Gasteiger charge is 2.44. The molecule has 2 fully saturated rings. The van der Waals surface area contributed by atoms with Crippen LogP contribution in [0.25, 0.3) is 0 Å². The van der Waals surface area contributed by atoms with Crippen molar-refractivity contribution in [3.8, 4) is 12.3 Å². The molecule has 4 N–H and O–H groups in total. The second-order valence-corrected chi connectivity index (χ2v) is 8.00. The molecule has 1 aliphatic heterocycles. The molecule has 2 aliphatic rings. The third-order valence-electron chi connectivity index (χ3n) is 5.93. The molecular weight excluding hydrogens is 368 g/mol. The van der Waals surface area contributed by atoms with Gasteiger partial charge in [0, 0.05) is 5.56 Å². The monoisotopic (exact) mass is 394 g/mol. The van der Waals surface area contributed by atoms with Crippen LogP contribution in [-0.4, -0.2) is 51.4 Å². The van der Waals surface area contributed by atoms with Gasteiger partial charge < -0.3 is 25.2 Å². The normalized spacial score (nSPS) is 29.4. The van der Waals surface area contributed by atoms with Gasteiger partial charge in [-0.3, -0.25) is 0 Å². The molecule has 0 amide bonds. The number of aliphatic hydroxyl groups excluding tert-OH is 4. The van der Waals surface area contributed by atoms with Crippen LogP contribution >= 0.6 is 0 Å². The molecule has 152 valence electrons. The van der Waals surface area contributed by atoms with Crippen LogP contribution in [0.15, 0.2) is 42.5 Å². The summed E-state index contributed by atoms with van der Waals surface area (Å²) in [6.45, 7) is -0.454. The van der Waals surface area contributed by atoms with Gasteiger partial charge in [-0.2, -0.15) is 0 Å². The summed E-state index contributed by atoms with van der Waals surface area (Å²) in [4.78, 5) is 0. The van der Waals surface area contributed by atoms with Gasteiger partial charge in [-0.25, -0.2) is 0 Å². The fraction of sp³-hybridized carbons (Fsp3) is 0.417. The lowest BCUT2D eigenvalue weighted by molar-refractivity contribution is -0.231. The second kappa shape index (κ2) is 8.27. The molecule has 0 spiro atoms. The molecule has 1 saturated heterocycles. The van der Waals surface area contributed by atoms with Gasteiger partial charge in [0.25, 0.3) is 0 Å². The summed E-state index contributed by atoms with van der Waals surface area (Å²) >= 11 is 0. The molecule has 2 aromatic carbocycles. The number of rotatable bonds is 5. The van der Waals surface area contributed by atoms with Crippen LogP contribution in [0.2, 0.25) is 0 Å². The number of hydrogen-bond donors (Lipinski definition) is 4. The number of benzene rings is 2. The van der Waals surface area contributed by atoms with E-state index in [1.54, 1.807) is 12.1 Å². The summed E-state index contributed by atoms with van der Waals surface area (Å²) in [5.41, 5.74) is 4.83. The van der Waals surface area contributed by atoms with Gasteiger partial charge in [0.2, 0.25) is 0 Å². The van der Waals surface area contributed by atoms with E-state index in [1.165, 1.54) is 18.4 Å². The Kier molecular flexibility index (Phi) is 5.73. The third-order valence-corrected chi connectivity index (χ3v) is 5.93. The van der Waals surface area contributed by atoms with E-state index >= 15 is 0 Å². The van der Waals surface area contributed by atoms with Gasteiger partial charge in [0.15, 0.2) is 0 Å². The smallest absolute Gasteiger partial charge is 0.113 e. The first-order chi connectivity index (χ1) is 14.0. The maximum atomic E-state index is 10.4. The Bertz CT molecular complexity index is 894. The van der Waals surface area contributed by atoms with E-state index in [-0.39, 0.29) is 0 Å². The lowest BCUT2D eigenvalue weighted by Gasteiger charge is -2.40. The van der Waals surface area contributed by atoms with Crippen molar-refractivity contribution < 1.29 is 25.2 Å². The summed E-state index contributed by atoms with van der Waals surface area (Å²) in [5.74, 6) is 3.41. The minimum Gasteiger partial charge on any atom is -0.394 e. The summed E-state index contributed by atoms with van der Waals surface area (Å²) < 4.78 is 5.68. The largest absolute Gasteiger partial charge is 0.394 e. The van der Waals surface area contributed by atoms with Gasteiger partial charge in [-0.05, 0) is 53.5 Å². The van der Waals surface area contributed by atoms with Gasteiger partial charge in [-0.15, -0.1) is 6.42 Å². The van der Waals surface area contributed by atoms with Crippen LogP contribution < -0.4 is 0 Å². The number of ether oxygens (including phenoxy) is 1. The molecule has 4 rings (SSSR count). The Morgan fingerprint density at radius 1 is 0.931 bits per heavy atom. The van der Waals surface area contributed by atoms with E-state index < -0.39 is 37.1 Å². The Hall–Kier alpha value is -2.20. The summed E-state index contributed by atoms with van der Waals surface area (Å²) in [7, 11) is 0. The molecule has 0 aromatic heterocycles. The van der Waals surface area contributed by atoms with Crippen LogP contribution in [0.3, 0.4) is 0 Å². The first-order valence-corrected chi connectivity index (χ1v) is 10.0. The average Bonchev–Trinajstić information content (AvgIpc) is 3.58. The van der Waals surface area contributed by atoms with Crippen molar-refractivity contribution in [1.29, 1.82) is 0 Å². The van der Waals surface area contributed by atoms with Crippen molar-refractivity contribution in [2.45, 2.75) is 55.7 Å². The van der Waals surface area contributed by atoms with Crippen LogP contribution in [0.5, 0.6) is 0 Å². The highest BCUT2D eigenvalue weighted by atomic mass is 16.5. The molecule has 1 heterocycles. The second-order valence-electron chi connectivity index (χ2n) is 8.00. The lowest BCUT2D eigenvalue weighted by atomic mass is 9.89. The van der Waals surface area contributed by atoms with E-state index in [1.807, 2.05) is 6.07 Å². The Balaban J connectivity index is 1.60. The standard InChI is InChI=1S/C24H26O5/c1-2-15-7-10-18(24-23(28)22(27)21(26)20(13-25)29-24)12-19(15)11-14-3-5-16(6-4-14)17-8-9-17/h1,3-7,10,12,17,20-28H,8-9,11,13H2/t20-,21-,22+,23-,24+/m1/s1. The molecule has 1 aliphatic carbocycles. The fourth-order valence-electron chi connectivity index (χ4n) is 4.00. The highest BCUT2D eigenvalue weighted by molar-refractivity contribution is 5.46. The molecule has 0 radical (unpaired) electrons. The van der Waals surface area contributed by atoms with Crippen molar-refractivity contribution >= 4 is 0 Å². The Morgan fingerprint density at radius 2 is 1.62 bits per heavy atom. The quantitative estimate of drug-likeness (QED) is 0.579. The lowest BCUT2D eigenvalue weighted by Crippen LogP contribution is -2.55. The van der Waals surface area contributed by atoms with Crippen LogP contribution in [0.1, 0.15) is 52.7 Å². The first kappa shape index (κ1) is 20.1. The zero-order valence-corrected chi connectivity index (χ0v) is 16.1. The highest BCUT2D eigenvalue weighted by Crippen LogP contribution is 2.40. The summed E-state index contributed by atoms with van der Waals surface area (Å²) in [6.07, 6.45) is 2.95. The van der Waals surface area contributed by atoms with Crippen LogP contribution in [-0.2, 0) is 11.2 Å². The molecule has 1 saturated carbocycles. The zero-order chi connectivity index (χ0) is 20.5.